The Morgan fingerprint density at radius 2 is 0.788 bits per heavy atom. The molecule has 0 heteroatoms. The summed E-state index contributed by atoms with van der Waals surface area (Å²) in [5.74, 6) is 0. The molecule has 0 aliphatic heterocycles. The van der Waals surface area contributed by atoms with Crippen molar-refractivity contribution in [2.24, 2.45) is 0 Å². The normalized spacial score (nSPS) is 14.3. The van der Waals surface area contributed by atoms with E-state index in [1.807, 2.05) is 0 Å². The van der Waals surface area contributed by atoms with E-state index in [4.69, 9.17) is 0 Å². The van der Waals surface area contributed by atoms with Crippen molar-refractivity contribution in [1.82, 2.24) is 0 Å². The van der Waals surface area contributed by atoms with E-state index in [0.29, 0.717) is 0 Å². The van der Waals surface area contributed by atoms with Crippen LogP contribution >= 0.6 is 0 Å². The number of rotatable bonds is 2. The topological polar surface area (TPSA) is 0 Å². The third-order valence-electron chi connectivity index (χ3n) is 7.78. The highest BCUT2D eigenvalue weighted by atomic mass is 14.5. The molecule has 1 spiro atoms. The molecular weight excluding hydrogens is 396 g/mol. The molecule has 0 N–H and O–H groups in total. The minimum atomic E-state index is -0.112. The van der Waals surface area contributed by atoms with E-state index in [1.54, 1.807) is 0 Å². The highest BCUT2D eigenvalue weighted by molar-refractivity contribution is 6.12. The van der Waals surface area contributed by atoms with E-state index in [-0.39, 0.29) is 5.41 Å². The van der Waals surface area contributed by atoms with Crippen molar-refractivity contribution in [3.8, 4) is 22.3 Å². The fourth-order valence-electron chi connectivity index (χ4n) is 6.41. The summed E-state index contributed by atoms with van der Waals surface area (Å²) in [6.45, 7) is 0. The molecule has 6 aromatic carbocycles. The van der Waals surface area contributed by atoms with Gasteiger partial charge in [0.05, 0.1) is 5.41 Å². The molecule has 2 aliphatic rings. The summed E-state index contributed by atoms with van der Waals surface area (Å²) >= 11 is 0. The zero-order valence-corrected chi connectivity index (χ0v) is 18.0. The zero-order valence-electron chi connectivity index (χ0n) is 18.0. The molecule has 0 heterocycles. The lowest BCUT2D eigenvalue weighted by Crippen LogP contribution is -2.43. The average Bonchev–Trinajstić information content (AvgIpc) is 2.87. The molecule has 0 saturated heterocycles. The second-order valence-electron chi connectivity index (χ2n) is 9.34. The summed E-state index contributed by atoms with van der Waals surface area (Å²) in [6.07, 6.45) is 0. The Kier molecular flexibility index (Phi) is 3.16. The highest BCUT2D eigenvalue weighted by Gasteiger charge is 2.54. The van der Waals surface area contributed by atoms with Gasteiger partial charge in [-0.2, -0.15) is 0 Å². The van der Waals surface area contributed by atoms with Gasteiger partial charge >= 0.3 is 0 Å². The molecule has 0 nitrogen and oxygen atoms in total. The predicted molar refractivity (Wildman–Crippen MR) is 138 cm³/mol. The van der Waals surface area contributed by atoms with Crippen LogP contribution in [0.25, 0.3) is 43.8 Å². The van der Waals surface area contributed by atoms with Gasteiger partial charge in [0.25, 0.3) is 0 Å². The quantitative estimate of drug-likeness (QED) is 0.266. The maximum atomic E-state index is 2.45. The summed E-state index contributed by atoms with van der Waals surface area (Å²) in [4.78, 5) is 0. The molecule has 0 unspecified atom stereocenters. The summed E-state index contributed by atoms with van der Waals surface area (Å²) in [5.41, 5.74) is 10.9. The lowest BCUT2D eigenvalue weighted by molar-refractivity contribution is 0.702. The van der Waals surface area contributed by atoms with Gasteiger partial charge in [0.1, 0.15) is 0 Å². The Balaban J connectivity index is 1.44. The van der Waals surface area contributed by atoms with Crippen molar-refractivity contribution in [2.75, 3.05) is 0 Å². The first-order chi connectivity index (χ1) is 16.4. The van der Waals surface area contributed by atoms with Gasteiger partial charge in [-0.05, 0) is 90.3 Å². The van der Waals surface area contributed by atoms with Gasteiger partial charge in [-0.15, -0.1) is 0 Å². The van der Waals surface area contributed by atoms with Gasteiger partial charge in [-0.3, -0.25) is 0 Å². The second kappa shape index (κ2) is 5.99. The molecule has 33 heavy (non-hydrogen) atoms. The fourth-order valence-corrected chi connectivity index (χ4v) is 6.41. The van der Waals surface area contributed by atoms with Gasteiger partial charge < -0.3 is 0 Å². The summed E-state index contributed by atoms with van der Waals surface area (Å²) in [7, 11) is 0. The van der Waals surface area contributed by atoms with Crippen LogP contribution < -0.4 is 0 Å². The first kappa shape index (κ1) is 17.4. The second-order valence-corrected chi connectivity index (χ2v) is 9.34. The molecule has 0 radical (unpaired) electrons. The molecule has 2 aliphatic carbocycles. The number of hydrogen-bond donors (Lipinski definition) is 0. The van der Waals surface area contributed by atoms with Crippen LogP contribution in [0.5, 0.6) is 0 Å². The molecular formula is C33H20. The lowest BCUT2D eigenvalue weighted by atomic mass is 9.49. The van der Waals surface area contributed by atoms with Gasteiger partial charge in [0.2, 0.25) is 0 Å². The molecule has 152 valence electrons. The Bertz CT molecular complexity index is 1610. The Hall–Kier alpha value is -4.16. The highest BCUT2D eigenvalue weighted by Crippen LogP contribution is 2.65. The third kappa shape index (κ3) is 2.02. The van der Waals surface area contributed by atoms with Gasteiger partial charge in [0.15, 0.2) is 0 Å². The monoisotopic (exact) mass is 416 g/mol. The third-order valence-corrected chi connectivity index (χ3v) is 7.78. The number of hydrogen-bond acceptors (Lipinski definition) is 0. The first-order valence-electron chi connectivity index (χ1n) is 11.6. The van der Waals surface area contributed by atoms with Crippen LogP contribution in [0, 0.1) is 0 Å². The molecule has 0 fully saturated rings. The fraction of sp³-hybridized carbons (Fsp3) is 0.0303. The van der Waals surface area contributed by atoms with E-state index < -0.39 is 0 Å². The Morgan fingerprint density at radius 1 is 0.333 bits per heavy atom. The maximum Gasteiger partial charge on any atom is 0.0726 e. The first-order valence-corrected chi connectivity index (χ1v) is 11.6. The average molecular weight is 417 g/mol. The van der Waals surface area contributed by atoms with Gasteiger partial charge in [0, 0.05) is 0 Å². The standard InChI is InChI=1S/C33H20/c1-3-9-21(10-4-1)25-17-23-13-7-15-27-31(23)29(19-25)33(27)28-16-8-14-24-18-26(20-30(33)32(24)28)22-11-5-2-6-12-22/h1-20H. The van der Waals surface area contributed by atoms with Crippen LogP contribution in [0.2, 0.25) is 0 Å². The van der Waals surface area contributed by atoms with Crippen LogP contribution in [0.3, 0.4) is 0 Å². The van der Waals surface area contributed by atoms with Crippen LogP contribution in [-0.4, -0.2) is 0 Å². The van der Waals surface area contributed by atoms with E-state index >= 15 is 0 Å². The Labute approximate surface area is 192 Å². The van der Waals surface area contributed by atoms with Gasteiger partial charge in [-0.1, -0.05) is 97.1 Å². The molecule has 0 amide bonds. The summed E-state index contributed by atoms with van der Waals surface area (Å²) < 4.78 is 0. The van der Waals surface area contributed by atoms with Crippen LogP contribution in [0.4, 0.5) is 0 Å². The maximum absolute atomic E-state index is 2.45. The lowest BCUT2D eigenvalue weighted by Gasteiger charge is -2.52. The minimum absolute atomic E-state index is 0.112. The molecule has 0 saturated carbocycles. The Morgan fingerprint density at radius 3 is 1.24 bits per heavy atom. The number of fused-ring (bicyclic) bond motifs is 4. The van der Waals surface area contributed by atoms with E-state index in [1.165, 1.54) is 66.1 Å². The van der Waals surface area contributed by atoms with Crippen molar-refractivity contribution < 1.29 is 0 Å². The smallest absolute Gasteiger partial charge is 0.0622 e. The number of benzene rings is 6. The van der Waals surface area contributed by atoms with Crippen molar-refractivity contribution in [3.05, 3.63) is 144 Å². The largest absolute Gasteiger partial charge is 0.0726 e. The zero-order chi connectivity index (χ0) is 21.6. The molecule has 0 atom stereocenters. The summed E-state index contributed by atoms with van der Waals surface area (Å²) in [6, 6.07) is 44.8. The van der Waals surface area contributed by atoms with Crippen molar-refractivity contribution in [3.63, 3.8) is 0 Å². The molecule has 0 aromatic heterocycles. The van der Waals surface area contributed by atoms with Crippen molar-refractivity contribution in [2.45, 2.75) is 5.41 Å². The van der Waals surface area contributed by atoms with Crippen LogP contribution in [0.15, 0.2) is 121 Å². The van der Waals surface area contributed by atoms with Crippen LogP contribution in [0.1, 0.15) is 22.3 Å². The molecule has 6 aromatic rings. The molecule has 8 rings (SSSR count). The minimum Gasteiger partial charge on any atom is -0.0622 e. The van der Waals surface area contributed by atoms with E-state index in [0.717, 1.165) is 0 Å². The molecule has 0 bridgehead atoms. The van der Waals surface area contributed by atoms with E-state index in [2.05, 4.69) is 121 Å². The van der Waals surface area contributed by atoms with E-state index in [9.17, 15) is 0 Å². The summed E-state index contributed by atoms with van der Waals surface area (Å²) in [5, 5.41) is 5.55. The van der Waals surface area contributed by atoms with Gasteiger partial charge in [-0.25, -0.2) is 0 Å². The van der Waals surface area contributed by atoms with Crippen molar-refractivity contribution in [1.29, 1.82) is 0 Å². The van der Waals surface area contributed by atoms with Crippen molar-refractivity contribution >= 4 is 21.5 Å². The predicted octanol–water partition coefficient (Wildman–Crippen LogP) is 8.34. The van der Waals surface area contributed by atoms with Crippen LogP contribution in [-0.2, 0) is 5.41 Å². The SMILES string of the molecule is c1ccc(-c2cc3c4c(cccc4c2)C32c3cccc4cc(-c5ccccc5)cc2c34)cc1.